The lowest BCUT2D eigenvalue weighted by atomic mass is 9.93. The summed E-state index contributed by atoms with van der Waals surface area (Å²) in [5.41, 5.74) is 1.10. The fourth-order valence-electron chi connectivity index (χ4n) is 1.51. The summed E-state index contributed by atoms with van der Waals surface area (Å²) in [7, 11) is 0. The number of hydrogen-bond acceptors (Lipinski definition) is 3. The summed E-state index contributed by atoms with van der Waals surface area (Å²) in [5, 5.41) is 6.16. The number of unbranched alkanes of at least 4 members (excludes halogenated alkanes) is 1. The number of alkyl halides is 3. The van der Waals surface area contributed by atoms with E-state index in [1.165, 1.54) is 0 Å². The van der Waals surface area contributed by atoms with Crippen LogP contribution in [0.25, 0.3) is 0 Å². The molecule has 1 heterocycles. The summed E-state index contributed by atoms with van der Waals surface area (Å²) >= 11 is 1.59. The van der Waals surface area contributed by atoms with Gasteiger partial charge in [0, 0.05) is 23.8 Å². The molecule has 6 heteroatoms. The average molecular weight is 294 g/mol. The molecule has 0 fully saturated rings. The number of aromatic nitrogens is 1. The molecule has 1 rings (SSSR count). The third-order valence-electron chi connectivity index (χ3n) is 2.66. The number of nitrogens with one attached hydrogen (secondary N) is 1. The molecule has 0 aliphatic heterocycles. The van der Waals surface area contributed by atoms with Crippen molar-refractivity contribution in [2.75, 3.05) is 6.54 Å². The fourth-order valence-corrected chi connectivity index (χ4v) is 2.50. The van der Waals surface area contributed by atoms with E-state index in [1.807, 2.05) is 5.38 Å². The second-order valence-electron chi connectivity index (χ2n) is 5.63. The van der Waals surface area contributed by atoms with Crippen LogP contribution in [-0.2, 0) is 12.0 Å². The molecule has 0 saturated heterocycles. The zero-order valence-electron chi connectivity index (χ0n) is 11.6. The third-order valence-corrected chi connectivity index (χ3v) is 3.51. The Hall–Kier alpha value is -0.620. The Labute approximate surface area is 116 Å². The highest BCUT2D eigenvalue weighted by atomic mass is 32.1. The van der Waals surface area contributed by atoms with E-state index in [9.17, 15) is 13.2 Å². The van der Waals surface area contributed by atoms with Crippen molar-refractivity contribution in [1.82, 2.24) is 10.3 Å². The Morgan fingerprint density at radius 3 is 2.42 bits per heavy atom. The summed E-state index contributed by atoms with van der Waals surface area (Å²) in [5.74, 6) is 0. The van der Waals surface area contributed by atoms with Crippen molar-refractivity contribution in [2.24, 2.45) is 0 Å². The zero-order chi connectivity index (χ0) is 14.5. The van der Waals surface area contributed by atoms with Crippen molar-refractivity contribution in [3.63, 3.8) is 0 Å². The van der Waals surface area contributed by atoms with Gasteiger partial charge in [0.2, 0.25) is 0 Å². The molecule has 110 valence electrons. The summed E-state index contributed by atoms with van der Waals surface area (Å²) in [4.78, 5) is 4.51. The SMILES string of the molecule is CC(C)(C)c1csc(CNCCCCC(F)(F)F)n1. The summed E-state index contributed by atoms with van der Waals surface area (Å²) in [6.07, 6.45) is -4.00. The smallest absolute Gasteiger partial charge is 0.310 e. The van der Waals surface area contributed by atoms with E-state index >= 15 is 0 Å². The van der Waals surface area contributed by atoms with E-state index in [2.05, 4.69) is 31.1 Å². The van der Waals surface area contributed by atoms with Crippen LogP contribution in [0.2, 0.25) is 0 Å². The molecule has 0 spiro atoms. The maximum absolute atomic E-state index is 11.9. The first-order chi connectivity index (χ1) is 8.68. The molecule has 0 unspecified atom stereocenters. The first-order valence-corrected chi connectivity index (χ1v) is 7.29. The fraction of sp³-hybridized carbons (Fsp3) is 0.769. The zero-order valence-corrected chi connectivity index (χ0v) is 12.4. The molecule has 0 bridgehead atoms. The van der Waals surface area contributed by atoms with Gasteiger partial charge < -0.3 is 5.32 Å². The molecule has 0 saturated carbocycles. The molecule has 0 aliphatic rings. The van der Waals surface area contributed by atoms with Crippen molar-refractivity contribution in [3.05, 3.63) is 16.1 Å². The van der Waals surface area contributed by atoms with Crippen molar-refractivity contribution in [1.29, 1.82) is 0 Å². The van der Waals surface area contributed by atoms with Crippen LogP contribution in [0.5, 0.6) is 0 Å². The van der Waals surface area contributed by atoms with Crippen molar-refractivity contribution < 1.29 is 13.2 Å². The molecule has 0 radical (unpaired) electrons. The number of thiazole rings is 1. The molecular weight excluding hydrogens is 273 g/mol. The lowest BCUT2D eigenvalue weighted by Crippen LogP contribution is -2.16. The second-order valence-corrected chi connectivity index (χ2v) is 6.57. The van der Waals surface area contributed by atoms with Crippen LogP contribution in [0.3, 0.4) is 0 Å². The van der Waals surface area contributed by atoms with Gasteiger partial charge in [-0.05, 0) is 19.4 Å². The maximum atomic E-state index is 11.9. The molecule has 0 aliphatic carbocycles. The van der Waals surface area contributed by atoms with Crippen LogP contribution >= 0.6 is 11.3 Å². The minimum absolute atomic E-state index is 0.0431. The number of hydrogen-bond donors (Lipinski definition) is 1. The summed E-state index contributed by atoms with van der Waals surface area (Å²) < 4.78 is 35.7. The van der Waals surface area contributed by atoms with Gasteiger partial charge in [0.25, 0.3) is 0 Å². The number of rotatable bonds is 6. The van der Waals surface area contributed by atoms with E-state index in [-0.39, 0.29) is 11.8 Å². The highest BCUT2D eigenvalue weighted by Crippen LogP contribution is 2.24. The van der Waals surface area contributed by atoms with Crippen molar-refractivity contribution >= 4 is 11.3 Å². The van der Waals surface area contributed by atoms with E-state index in [1.54, 1.807) is 11.3 Å². The monoisotopic (exact) mass is 294 g/mol. The standard InChI is InChI=1S/C13H21F3N2S/c1-12(2,3)10-9-19-11(18-10)8-17-7-5-4-6-13(14,15)16/h9,17H,4-8H2,1-3H3. The van der Waals surface area contributed by atoms with Crippen LogP contribution in [-0.4, -0.2) is 17.7 Å². The Kier molecular flexibility index (Phi) is 5.80. The van der Waals surface area contributed by atoms with Gasteiger partial charge in [-0.2, -0.15) is 13.2 Å². The number of nitrogens with zero attached hydrogens (tertiary/aromatic N) is 1. The lowest BCUT2D eigenvalue weighted by Gasteiger charge is -2.14. The Morgan fingerprint density at radius 1 is 1.21 bits per heavy atom. The molecule has 0 amide bonds. The van der Waals surface area contributed by atoms with E-state index in [0.29, 0.717) is 19.5 Å². The largest absolute Gasteiger partial charge is 0.389 e. The van der Waals surface area contributed by atoms with Crippen LogP contribution in [0, 0.1) is 0 Å². The Bertz CT molecular complexity index is 380. The summed E-state index contributed by atoms with van der Waals surface area (Å²) in [6.45, 7) is 7.55. The predicted octanol–water partition coefficient (Wildman–Crippen LogP) is 4.26. The topological polar surface area (TPSA) is 24.9 Å². The molecule has 19 heavy (non-hydrogen) atoms. The van der Waals surface area contributed by atoms with Gasteiger partial charge in [0.15, 0.2) is 0 Å². The average Bonchev–Trinajstić information content (AvgIpc) is 2.69. The third kappa shape index (κ3) is 6.92. The Balaban J connectivity index is 2.18. The first-order valence-electron chi connectivity index (χ1n) is 6.41. The highest BCUT2D eigenvalue weighted by Gasteiger charge is 2.25. The van der Waals surface area contributed by atoms with E-state index in [0.717, 1.165) is 10.7 Å². The number of halogens is 3. The quantitative estimate of drug-likeness (QED) is 0.793. The van der Waals surface area contributed by atoms with Gasteiger partial charge in [0.05, 0.1) is 5.69 Å². The van der Waals surface area contributed by atoms with E-state index in [4.69, 9.17) is 0 Å². The molecule has 1 N–H and O–H groups in total. The maximum Gasteiger partial charge on any atom is 0.389 e. The van der Waals surface area contributed by atoms with Crippen LogP contribution in [0.1, 0.15) is 50.7 Å². The Morgan fingerprint density at radius 2 is 1.89 bits per heavy atom. The van der Waals surface area contributed by atoms with Crippen LogP contribution in [0.15, 0.2) is 5.38 Å². The minimum atomic E-state index is -4.03. The van der Waals surface area contributed by atoms with Gasteiger partial charge in [-0.3, -0.25) is 0 Å². The summed E-state index contributed by atoms with van der Waals surface area (Å²) in [6, 6.07) is 0. The predicted molar refractivity (Wildman–Crippen MR) is 72.4 cm³/mol. The van der Waals surface area contributed by atoms with Crippen LogP contribution < -0.4 is 5.32 Å². The highest BCUT2D eigenvalue weighted by molar-refractivity contribution is 7.09. The van der Waals surface area contributed by atoms with Crippen LogP contribution in [0.4, 0.5) is 13.2 Å². The van der Waals surface area contributed by atoms with Crippen molar-refractivity contribution in [3.8, 4) is 0 Å². The van der Waals surface area contributed by atoms with Gasteiger partial charge in [-0.25, -0.2) is 4.98 Å². The van der Waals surface area contributed by atoms with Gasteiger partial charge in [0.1, 0.15) is 5.01 Å². The van der Waals surface area contributed by atoms with Gasteiger partial charge in [-0.1, -0.05) is 20.8 Å². The molecule has 2 nitrogen and oxygen atoms in total. The van der Waals surface area contributed by atoms with Gasteiger partial charge in [-0.15, -0.1) is 11.3 Å². The molecule has 0 aromatic carbocycles. The normalized spacial score (nSPS) is 12.9. The van der Waals surface area contributed by atoms with E-state index < -0.39 is 12.6 Å². The second kappa shape index (κ2) is 6.70. The van der Waals surface area contributed by atoms with Crippen molar-refractivity contribution in [2.45, 2.75) is 58.2 Å². The molecule has 1 aromatic rings. The molecule has 1 aromatic heterocycles. The minimum Gasteiger partial charge on any atom is -0.310 e. The lowest BCUT2D eigenvalue weighted by molar-refractivity contribution is -0.135. The van der Waals surface area contributed by atoms with Gasteiger partial charge >= 0.3 is 6.18 Å². The molecular formula is C13H21F3N2S. The first kappa shape index (κ1) is 16.4. The molecule has 0 atom stereocenters.